The van der Waals surface area contributed by atoms with Crippen LogP contribution in [0, 0.1) is 13.0 Å². The summed E-state index contributed by atoms with van der Waals surface area (Å²) in [4.78, 5) is 0. The molecule has 0 N–H and O–H groups in total. The fourth-order valence-corrected chi connectivity index (χ4v) is 4.94. The van der Waals surface area contributed by atoms with Gasteiger partial charge >= 0.3 is 41.3 Å². The van der Waals surface area contributed by atoms with Gasteiger partial charge in [0.15, 0.2) is 0 Å². The molecule has 1 aliphatic rings. The van der Waals surface area contributed by atoms with Crippen molar-refractivity contribution in [2.45, 2.75) is 79.6 Å². The Labute approximate surface area is 262 Å². The maximum Gasteiger partial charge on any atom is -0.0501 e. The van der Waals surface area contributed by atoms with Crippen LogP contribution in [0.15, 0.2) is 65.4 Å². The van der Waals surface area contributed by atoms with Gasteiger partial charge < -0.3 is 24.8 Å². The minimum Gasteiger partial charge on any atom is -1.00 e. The Balaban J connectivity index is 0.000000358. The zero-order valence-electron chi connectivity index (χ0n) is 24.2. The van der Waals surface area contributed by atoms with Gasteiger partial charge in [-0.25, -0.2) is 11.3 Å². The van der Waals surface area contributed by atoms with Crippen LogP contribution in [0.4, 0.5) is 0 Å². The summed E-state index contributed by atoms with van der Waals surface area (Å²) in [5, 5.41) is 4.30. The van der Waals surface area contributed by atoms with Gasteiger partial charge in [-0.15, -0.1) is 40.5 Å². The van der Waals surface area contributed by atoms with Gasteiger partial charge in [0, 0.05) is 0 Å². The molecule has 1 aromatic heterocycles. The van der Waals surface area contributed by atoms with E-state index in [2.05, 4.69) is 134 Å². The SMILES string of the molecule is CC(C)(C)c1[c-]c2c(cc1)-c1ccc(C(C)(C)C)cc1C2.C[C](C)=[Zr+2].Cc1ccc[c-]1-c1ccsc1.[Cl-].[Cl-]. The van der Waals surface area contributed by atoms with Crippen LogP contribution in [0.25, 0.3) is 22.3 Å². The Morgan fingerprint density at radius 2 is 1.53 bits per heavy atom. The van der Waals surface area contributed by atoms with Gasteiger partial charge in [-0.2, -0.15) is 29.8 Å². The third-order valence-electron chi connectivity index (χ3n) is 6.33. The van der Waals surface area contributed by atoms with Crippen LogP contribution in [-0.4, -0.2) is 3.21 Å². The van der Waals surface area contributed by atoms with Gasteiger partial charge in [-0.3, -0.25) is 0 Å². The predicted molar refractivity (Wildman–Crippen MR) is 157 cm³/mol. The van der Waals surface area contributed by atoms with Crippen LogP contribution in [0.2, 0.25) is 0 Å². The van der Waals surface area contributed by atoms with E-state index < -0.39 is 0 Å². The van der Waals surface area contributed by atoms with E-state index in [9.17, 15) is 0 Å². The van der Waals surface area contributed by atoms with Crippen LogP contribution in [-0.2, 0) is 41.5 Å². The molecule has 0 saturated heterocycles. The number of aryl methyl sites for hydroxylation is 1. The molecule has 1 heterocycles. The second-order valence-corrected chi connectivity index (χ2v) is 15.2. The molecular weight excluding hydrogens is 603 g/mol. The summed E-state index contributed by atoms with van der Waals surface area (Å²) in [6.07, 6.45) is 1.03. The van der Waals surface area contributed by atoms with E-state index in [1.807, 2.05) is 0 Å². The van der Waals surface area contributed by atoms with Crippen LogP contribution in [0.5, 0.6) is 0 Å². The summed E-state index contributed by atoms with van der Waals surface area (Å²) in [7, 11) is 0. The molecule has 0 aliphatic heterocycles. The molecular formula is C34H40Cl2SZr-2. The van der Waals surface area contributed by atoms with Crippen molar-refractivity contribution in [1.82, 2.24) is 0 Å². The monoisotopic (exact) mass is 640 g/mol. The molecule has 0 spiro atoms. The first-order valence-electron chi connectivity index (χ1n) is 12.7. The third kappa shape index (κ3) is 9.19. The average Bonchev–Trinajstić information content (AvgIpc) is 3.51. The first-order chi connectivity index (χ1) is 16.8. The maximum absolute atomic E-state index is 3.67. The van der Waals surface area contributed by atoms with Crippen molar-refractivity contribution in [2.24, 2.45) is 0 Å². The van der Waals surface area contributed by atoms with Crippen molar-refractivity contribution >= 4 is 14.5 Å². The van der Waals surface area contributed by atoms with Crippen molar-refractivity contribution in [3.63, 3.8) is 0 Å². The van der Waals surface area contributed by atoms with Crippen molar-refractivity contribution in [3.8, 4) is 22.3 Å². The van der Waals surface area contributed by atoms with Crippen molar-refractivity contribution in [2.75, 3.05) is 0 Å². The predicted octanol–water partition coefficient (Wildman–Crippen LogP) is 3.85. The Morgan fingerprint density at radius 1 is 0.895 bits per heavy atom. The van der Waals surface area contributed by atoms with E-state index in [-0.39, 0.29) is 35.6 Å². The quantitative estimate of drug-likeness (QED) is 0.244. The zero-order chi connectivity index (χ0) is 26.7. The Bertz CT molecular complexity index is 1250. The van der Waals surface area contributed by atoms with E-state index in [1.54, 1.807) is 35.6 Å². The second-order valence-electron chi connectivity index (χ2n) is 11.9. The molecule has 0 bridgehead atoms. The maximum atomic E-state index is 3.67. The number of hydrogen-bond acceptors (Lipinski definition) is 1. The largest absolute Gasteiger partial charge is 1.00 e. The minimum absolute atomic E-state index is 0. The standard InChI is InChI=1S/C21H25.C10H9S.C3H6.2ClH.Zr/c1-20(2,3)16-7-9-18-14(12-16)11-15-13-17(21(4,5)6)8-10-19(15)18;1-8-3-2-4-10(8)9-5-6-11-7-9;1-3-2;;;/h7-10,12H,11H2,1-6H3;2-7H,1H3;1-2H3;2*1H;/q2*-1;;;;+2/p-2. The average molecular weight is 643 g/mol. The van der Waals surface area contributed by atoms with Crippen molar-refractivity contribution in [1.29, 1.82) is 0 Å². The van der Waals surface area contributed by atoms with Crippen molar-refractivity contribution in [3.05, 3.63) is 99.2 Å². The van der Waals surface area contributed by atoms with E-state index >= 15 is 0 Å². The second kappa shape index (κ2) is 14.5. The molecule has 0 unspecified atom stereocenters. The number of rotatable bonds is 1. The number of fused-ring (bicyclic) bond motifs is 3. The van der Waals surface area contributed by atoms with Gasteiger partial charge in [-0.1, -0.05) is 88.6 Å². The summed E-state index contributed by atoms with van der Waals surface area (Å²) in [6.45, 7) is 20.0. The fraction of sp³-hybridized carbons (Fsp3) is 0.353. The molecule has 4 aromatic rings. The molecule has 0 radical (unpaired) electrons. The van der Waals surface area contributed by atoms with Gasteiger partial charge in [0.2, 0.25) is 0 Å². The van der Waals surface area contributed by atoms with Gasteiger partial charge in [0.05, 0.1) is 0 Å². The van der Waals surface area contributed by atoms with E-state index in [0.717, 1.165) is 6.42 Å². The first kappa shape index (κ1) is 34.9. The smallest absolute Gasteiger partial charge is 0.0501 e. The Hall–Kier alpha value is -1.18. The molecule has 0 nitrogen and oxygen atoms in total. The summed E-state index contributed by atoms with van der Waals surface area (Å²) in [5.74, 6) is 0. The Morgan fingerprint density at radius 3 is 2.03 bits per heavy atom. The van der Waals surface area contributed by atoms with Crippen LogP contribution in [0.3, 0.4) is 0 Å². The van der Waals surface area contributed by atoms with Crippen molar-refractivity contribution < 1.29 is 49.0 Å². The third-order valence-corrected chi connectivity index (χ3v) is 7.01. The number of benzene rings is 2. The molecule has 202 valence electrons. The molecule has 0 fully saturated rings. The number of thiophene rings is 1. The minimum atomic E-state index is 0. The molecule has 0 atom stereocenters. The molecule has 0 saturated carbocycles. The molecule has 1 aliphatic carbocycles. The van der Waals surface area contributed by atoms with E-state index in [4.69, 9.17) is 0 Å². The Kier molecular flexibility index (Phi) is 13.3. The summed E-state index contributed by atoms with van der Waals surface area (Å²) < 4.78 is 1.51. The normalized spacial score (nSPS) is 11.4. The van der Waals surface area contributed by atoms with E-state index in [1.165, 1.54) is 53.3 Å². The molecule has 0 amide bonds. The molecule has 3 aromatic carbocycles. The van der Waals surface area contributed by atoms with Crippen LogP contribution in [0.1, 0.15) is 83.2 Å². The van der Waals surface area contributed by atoms with Gasteiger partial charge in [-0.05, 0) is 28.4 Å². The van der Waals surface area contributed by atoms with Crippen LogP contribution >= 0.6 is 11.3 Å². The molecule has 4 heteroatoms. The number of hydrogen-bond donors (Lipinski definition) is 0. The topological polar surface area (TPSA) is 0 Å². The van der Waals surface area contributed by atoms with Gasteiger partial charge in [0.1, 0.15) is 0 Å². The summed E-state index contributed by atoms with van der Waals surface area (Å²) in [6, 6.07) is 23.7. The number of halogens is 2. The summed E-state index contributed by atoms with van der Waals surface area (Å²) in [5.41, 5.74) is 12.8. The molecule has 38 heavy (non-hydrogen) atoms. The zero-order valence-corrected chi connectivity index (χ0v) is 29.0. The van der Waals surface area contributed by atoms with Crippen LogP contribution < -0.4 is 24.8 Å². The summed E-state index contributed by atoms with van der Waals surface area (Å²) >= 11 is 3.30. The first-order valence-corrected chi connectivity index (χ1v) is 14.9. The molecule has 5 rings (SSSR count). The van der Waals surface area contributed by atoms with E-state index in [0.29, 0.717) is 0 Å². The van der Waals surface area contributed by atoms with Gasteiger partial charge in [0.25, 0.3) is 0 Å². The fourth-order valence-electron chi connectivity index (χ4n) is 4.28.